The van der Waals surface area contributed by atoms with E-state index in [1.807, 2.05) is 0 Å². The van der Waals surface area contributed by atoms with Gasteiger partial charge in [-0.2, -0.15) is 0 Å². The van der Waals surface area contributed by atoms with Gasteiger partial charge in [0.1, 0.15) is 0 Å². The summed E-state index contributed by atoms with van der Waals surface area (Å²) in [7, 11) is 0. The summed E-state index contributed by atoms with van der Waals surface area (Å²) in [6.45, 7) is 0. The van der Waals surface area contributed by atoms with Gasteiger partial charge in [-0.3, -0.25) is 0 Å². The second-order valence-electron chi connectivity index (χ2n) is 0. The number of nitrogens with two attached hydrogens (primary N) is 1. The Balaban J connectivity index is -0.00000000167. The van der Waals surface area contributed by atoms with Crippen molar-refractivity contribution in [2.24, 2.45) is 4.22 Å². The van der Waals surface area contributed by atoms with Gasteiger partial charge in [0.25, 0.3) is 0 Å². The standard InChI is InChI=1S/3ClH.H2N.Ti/h3*1H;1H2;/q;;;-1;+1. The minimum atomic E-state index is 0. The summed E-state index contributed by atoms with van der Waals surface area (Å²) >= 11 is 1.50. The monoisotopic (exact) mass is 172 g/mol. The van der Waals surface area contributed by atoms with Gasteiger partial charge in [-0.25, -0.2) is 0 Å². The van der Waals surface area contributed by atoms with Crippen LogP contribution < -0.4 is 4.22 Å². The average molecular weight is 173 g/mol. The van der Waals surface area contributed by atoms with E-state index in [1.165, 1.54) is 20.7 Å². The zero-order valence-electron chi connectivity index (χ0n) is 2.30. The second-order valence-corrected chi connectivity index (χ2v) is 0. The van der Waals surface area contributed by atoms with Crippen LogP contribution in [0.4, 0.5) is 0 Å². The first kappa shape index (κ1) is 31.1. The third-order valence-electron chi connectivity index (χ3n) is 0. The van der Waals surface area contributed by atoms with Crippen LogP contribution in [0.1, 0.15) is 0 Å². The van der Waals surface area contributed by atoms with Crippen LogP contribution in [-0.4, -0.2) is 0 Å². The van der Waals surface area contributed by atoms with Crippen molar-refractivity contribution >= 4 is 37.2 Å². The van der Waals surface area contributed by atoms with Crippen molar-refractivity contribution in [3.05, 3.63) is 0 Å². The van der Waals surface area contributed by atoms with E-state index in [2.05, 4.69) is 4.22 Å². The zero-order valence-corrected chi connectivity index (χ0v) is 6.31. The third-order valence-corrected chi connectivity index (χ3v) is 0. The maximum atomic E-state index is 4.50. The van der Waals surface area contributed by atoms with Crippen molar-refractivity contribution in [2.45, 2.75) is 0 Å². The van der Waals surface area contributed by atoms with Gasteiger partial charge in [0, 0.05) is 0 Å². The molecule has 0 saturated heterocycles. The van der Waals surface area contributed by atoms with Crippen molar-refractivity contribution in [3.8, 4) is 0 Å². The van der Waals surface area contributed by atoms with Crippen LogP contribution in [0.2, 0.25) is 0 Å². The Morgan fingerprint density at radius 1 is 0.800 bits per heavy atom. The fourth-order valence-corrected chi connectivity index (χ4v) is 0. The molecular formula is H5Cl3NTi. The van der Waals surface area contributed by atoms with Gasteiger partial charge in [0.15, 0.2) is 0 Å². The van der Waals surface area contributed by atoms with Crippen LogP contribution in [0.5, 0.6) is 0 Å². The molecule has 0 bridgehead atoms. The summed E-state index contributed by atoms with van der Waals surface area (Å²) in [4.78, 5) is 0. The average Bonchev–Trinajstić information content (AvgIpc) is 1.00. The van der Waals surface area contributed by atoms with E-state index in [-0.39, 0.29) is 37.2 Å². The Kier molecular flexibility index (Phi) is 298. The Bertz CT molecular complexity index is 6.85. The predicted octanol–water partition coefficient (Wildman–Crippen LogP) is 0.672. The normalized spacial score (nSPS) is 0.800. The molecule has 0 radical (unpaired) electrons. The molecule has 0 atom stereocenters. The molecule has 0 aromatic heterocycles. The van der Waals surface area contributed by atoms with Crippen molar-refractivity contribution < 1.29 is 20.7 Å². The summed E-state index contributed by atoms with van der Waals surface area (Å²) < 4.78 is 4.50. The number of hydrogen-bond acceptors (Lipinski definition) is 1. The summed E-state index contributed by atoms with van der Waals surface area (Å²) in [6, 6.07) is 0. The van der Waals surface area contributed by atoms with E-state index in [1.54, 1.807) is 0 Å². The molecular weight excluding hydrogens is 168 g/mol. The van der Waals surface area contributed by atoms with Gasteiger partial charge in [-0.05, 0) is 0 Å². The van der Waals surface area contributed by atoms with Crippen molar-refractivity contribution in [2.75, 3.05) is 0 Å². The van der Waals surface area contributed by atoms with Crippen LogP contribution in [0.3, 0.4) is 0 Å². The van der Waals surface area contributed by atoms with Crippen LogP contribution in [0.25, 0.3) is 0 Å². The summed E-state index contributed by atoms with van der Waals surface area (Å²) in [5, 5.41) is 0. The molecule has 0 aromatic carbocycles. The topological polar surface area (TPSA) is 26.0 Å². The van der Waals surface area contributed by atoms with Crippen LogP contribution in [-0.2, 0) is 20.7 Å². The van der Waals surface area contributed by atoms with Gasteiger partial charge in [0.05, 0.1) is 0 Å². The zero-order chi connectivity index (χ0) is 2.00. The summed E-state index contributed by atoms with van der Waals surface area (Å²) in [6.07, 6.45) is 0. The molecule has 0 aliphatic rings. The van der Waals surface area contributed by atoms with E-state index in [0.717, 1.165) is 0 Å². The molecule has 2 N–H and O–H groups in total. The first-order valence-electron chi connectivity index (χ1n) is 0.289. The van der Waals surface area contributed by atoms with Gasteiger partial charge in [-0.15, -0.1) is 37.2 Å². The molecule has 0 aromatic rings. The number of rotatable bonds is 0. The van der Waals surface area contributed by atoms with Crippen molar-refractivity contribution in [1.29, 1.82) is 0 Å². The SMILES string of the molecule is Cl.Cl.Cl.[NH2][Ti]. The molecule has 0 saturated carbocycles. The Labute approximate surface area is 62.0 Å². The molecule has 0 amide bonds. The van der Waals surface area contributed by atoms with Crippen LogP contribution in [0, 0.1) is 0 Å². The van der Waals surface area contributed by atoms with Crippen LogP contribution >= 0.6 is 37.2 Å². The third kappa shape index (κ3) is 29.2. The van der Waals surface area contributed by atoms with Crippen molar-refractivity contribution in [1.82, 2.24) is 0 Å². The molecule has 0 heterocycles. The molecule has 0 rings (SSSR count). The van der Waals surface area contributed by atoms with Gasteiger partial charge < -0.3 is 0 Å². The van der Waals surface area contributed by atoms with E-state index in [9.17, 15) is 0 Å². The summed E-state index contributed by atoms with van der Waals surface area (Å²) in [5.41, 5.74) is 0. The molecule has 0 unspecified atom stereocenters. The Morgan fingerprint density at radius 2 is 0.800 bits per heavy atom. The van der Waals surface area contributed by atoms with Crippen LogP contribution in [0.15, 0.2) is 0 Å². The van der Waals surface area contributed by atoms with Gasteiger partial charge >= 0.3 is 24.9 Å². The second kappa shape index (κ2) is 48.0. The van der Waals surface area contributed by atoms with Crippen molar-refractivity contribution in [3.63, 3.8) is 0 Å². The number of hydrogen-bond donors (Lipinski definition) is 1. The molecule has 5 heteroatoms. The number of halogens is 3. The Morgan fingerprint density at radius 3 is 0.800 bits per heavy atom. The molecule has 0 aliphatic carbocycles. The molecule has 0 spiro atoms. The van der Waals surface area contributed by atoms with Gasteiger partial charge in [-0.1, -0.05) is 0 Å². The van der Waals surface area contributed by atoms with E-state index in [0.29, 0.717) is 0 Å². The van der Waals surface area contributed by atoms with Gasteiger partial charge in [0.2, 0.25) is 0 Å². The predicted molar refractivity (Wildman–Crippen MR) is 25.9 cm³/mol. The van der Waals surface area contributed by atoms with E-state index >= 15 is 0 Å². The van der Waals surface area contributed by atoms with E-state index < -0.39 is 0 Å². The molecule has 0 aliphatic heterocycles. The maximum absolute atomic E-state index is 4.50. The first-order chi connectivity index (χ1) is 1.00. The fraction of sp³-hybridized carbons (Fsp3) is 0. The minimum absolute atomic E-state index is 0. The quantitative estimate of drug-likeness (QED) is 0.535. The molecule has 0 fully saturated rings. The fourth-order valence-electron chi connectivity index (χ4n) is 0. The first-order valence-corrected chi connectivity index (χ1v) is 1.19. The molecule has 35 valence electrons. The van der Waals surface area contributed by atoms with E-state index in [4.69, 9.17) is 0 Å². The Hall–Kier alpha value is 1.54. The molecule has 5 heavy (non-hydrogen) atoms. The molecule has 1 nitrogen and oxygen atoms in total. The summed E-state index contributed by atoms with van der Waals surface area (Å²) in [5.74, 6) is 0.